The van der Waals surface area contributed by atoms with E-state index in [1.54, 1.807) is 33.5 Å². The number of ether oxygens (including phenoxy) is 3. The predicted molar refractivity (Wildman–Crippen MR) is 117 cm³/mol. The zero-order valence-corrected chi connectivity index (χ0v) is 18.4. The molecule has 0 radical (unpaired) electrons. The molecule has 0 saturated carbocycles. The summed E-state index contributed by atoms with van der Waals surface area (Å²) in [5.74, 6) is 2.38. The van der Waals surface area contributed by atoms with Crippen LogP contribution in [0.2, 0.25) is 0 Å². The third-order valence-corrected chi connectivity index (χ3v) is 4.84. The highest BCUT2D eigenvalue weighted by Gasteiger charge is 2.17. The fraction of sp³-hybridized carbons (Fsp3) is 0.435. The van der Waals surface area contributed by atoms with E-state index in [1.165, 1.54) is 0 Å². The minimum atomic E-state index is -0.267. The second kappa shape index (κ2) is 10.0. The van der Waals surface area contributed by atoms with Crippen LogP contribution in [0, 0.1) is 0 Å². The van der Waals surface area contributed by atoms with E-state index in [-0.39, 0.29) is 12.6 Å². The van der Waals surface area contributed by atoms with Crippen molar-refractivity contribution in [3.05, 3.63) is 47.0 Å². The zero-order valence-electron chi connectivity index (χ0n) is 18.4. The molecule has 0 aliphatic heterocycles. The van der Waals surface area contributed by atoms with E-state index in [9.17, 15) is 4.79 Å². The monoisotopic (exact) mass is 400 g/mol. The number of hydrogen-bond donors (Lipinski definition) is 2. The third kappa shape index (κ3) is 5.34. The topological polar surface area (TPSA) is 68.8 Å². The van der Waals surface area contributed by atoms with Gasteiger partial charge in [0, 0.05) is 23.9 Å². The van der Waals surface area contributed by atoms with E-state index in [1.807, 2.05) is 6.07 Å². The average Bonchev–Trinajstić information content (AvgIpc) is 2.71. The molecule has 29 heavy (non-hydrogen) atoms. The minimum Gasteiger partial charge on any atom is -0.496 e. The van der Waals surface area contributed by atoms with E-state index in [0.29, 0.717) is 29.1 Å². The van der Waals surface area contributed by atoms with Crippen LogP contribution in [-0.4, -0.2) is 27.4 Å². The number of urea groups is 1. The Kier molecular flexibility index (Phi) is 7.76. The number of methoxy groups -OCH3 is 3. The molecule has 2 rings (SSSR count). The van der Waals surface area contributed by atoms with E-state index < -0.39 is 0 Å². The SMILES string of the molecule is COc1cc(OC)c(OC)cc1CNC(=O)Nc1c(C(C)C)cccc1C(C)C. The third-order valence-electron chi connectivity index (χ3n) is 4.84. The first kappa shape index (κ1) is 22.4. The predicted octanol–water partition coefficient (Wildman–Crippen LogP) is 5.28. The Morgan fingerprint density at radius 3 is 1.86 bits per heavy atom. The van der Waals surface area contributed by atoms with Crippen molar-refractivity contribution in [3.8, 4) is 17.2 Å². The van der Waals surface area contributed by atoms with Crippen LogP contribution in [0.1, 0.15) is 56.2 Å². The number of benzene rings is 2. The van der Waals surface area contributed by atoms with Gasteiger partial charge in [-0.25, -0.2) is 4.79 Å². The fourth-order valence-corrected chi connectivity index (χ4v) is 3.26. The molecule has 0 saturated heterocycles. The molecule has 2 aromatic rings. The van der Waals surface area contributed by atoms with Crippen molar-refractivity contribution in [1.82, 2.24) is 5.32 Å². The highest BCUT2D eigenvalue weighted by molar-refractivity contribution is 5.91. The molecule has 2 amide bonds. The molecular weight excluding hydrogens is 368 g/mol. The lowest BCUT2D eigenvalue weighted by molar-refractivity contribution is 0.251. The molecule has 0 fully saturated rings. The van der Waals surface area contributed by atoms with Crippen molar-refractivity contribution in [1.29, 1.82) is 0 Å². The van der Waals surface area contributed by atoms with Crippen molar-refractivity contribution in [3.63, 3.8) is 0 Å². The Hall–Kier alpha value is -2.89. The largest absolute Gasteiger partial charge is 0.496 e. The summed E-state index contributed by atoms with van der Waals surface area (Å²) in [6.45, 7) is 8.78. The van der Waals surface area contributed by atoms with Crippen LogP contribution < -0.4 is 24.8 Å². The number of carbonyl (C=O) groups excluding carboxylic acids is 1. The standard InChI is InChI=1S/C23H32N2O4/c1-14(2)17-9-8-10-18(15(3)4)22(17)25-23(26)24-13-16-11-20(28-6)21(29-7)12-19(16)27-5/h8-12,14-15H,13H2,1-7H3,(H2,24,25,26). The van der Waals surface area contributed by atoms with Gasteiger partial charge in [0.05, 0.1) is 21.3 Å². The molecule has 2 aromatic carbocycles. The second-order valence-corrected chi connectivity index (χ2v) is 7.45. The quantitative estimate of drug-likeness (QED) is 0.632. The molecule has 0 atom stereocenters. The van der Waals surface area contributed by atoms with Crippen LogP contribution in [0.4, 0.5) is 10.5 Å². The van der Waals surface area contributed by atoms with Crippen LogP contribution in [0.15, 0.2) is 30.3 Å². The Labute approximate surface area is 173 Å². The molecule has 0 aliphatic carbocycles. The molecular formula is C23H32N2O4. The van der Waals surface area contributed by atoms with Crippen LogP contribution in [0.5, 0.6) is 17.2 Å². The molecule has 0 aromatic heterocycles. The molecule has 6 nitrogen and oxygen atoms in total. The summed E-state index contributed by atoms with van der Waals surface area (Å²) in [6.07, 6.45) is 0. The summed E-state index contributed by atoms with van der Waals surface area (Å²) >= 11 is 0. The first-order valence-electron chi connectivity index (χ1n) is 9.78. The summed E-state index contributed by atoms with van der Waals surface area (Å²) in [5.41, 5.74) is 3.92. The molecule has 0 unspecified atom stereocenters. The molecule has 6 heteroatoms. The van der Waals surface area contributed by atoms with Gasteiger partial charge in [-0.2, -0.15) is 0 Å². The number of hydrogen-bond acceptors (Lipinski definition) is 4. The van der Waals surface area contributed by atoms with Gasteiger partial charge in [0.25, 0.3) is 0 Å². The Balaban J connectivity index is 2.21. The average molecular weight is 401 g/mol. The van der Waals surface area contributed by atoms with Gasteiger partial charge < -0.3 is 24.8 Å². The van der Waals surface area contributed by atoms with Crippen LogP contribution >= 0.6 is 0 Å². The number of para-hydroxylation sites is 1. The molecule has 0 spiro atoms. The maximum Gasteiger partial charge on any atom is 0.319 e. The van der Waals surface area contributed by atoms with E-state index >= 15 is 0 Å². The smallest absolute Gasteiger partial charge is 0.319 e. The van der Waals surface area contributed by atoms with E-state index in [2.05, 4.69) is 50.5 Å². The summed E-state index contributed by atoms with van der Waals surface area (Å²) in [7, 11) is 4.73. The van der Waals surface area contributed by atoms with Gasteiger partial charge in [0.1, 0.15) is 5.75 Å². The van der Waals surface area contributed by atoms with Crippen molar-refractivity contribution in [2.24, 2.45) is 0 Å². The Bertz CT molecular complexity index is 821. The van der Waals surface area contributed by atoms with Crippen LogP contribution in [0.25, 0.3) is 0 Å². The van der Waals surface area contributed by atoms with Gasteiger partial charge in [-0.3, -0.25) is 0 Å². The number of rotatable bonds is 8. The molecule has 0 bridgehead atoms. The van der Waals surface area contributed by atoms with Gasteiger partial charge in [-0.1, -0.05) is 45.9 Å². The van der Waals surface area contributed by atoms with Gasteiger partial charge in [0.2, 0.25) is 0 Å². The highest BCUT2D eigenvalue weighted by Crippen LogP contribution is 2.35. The lowest BCUT2D eigenvalue weighted by Gasteiger charge is -2.20. The van der Waals surface area contributed by atoms with Crippen molar-refractivity contribution >= 4 is 11.7 Å². The first-order chi connectivity index (χ1) is 13.8. The second-order valence-electron chi connectivity index (χ2n) is 7.45. The summed E-state index contributed by atoms with van der Waals surface area (Å²) in [5, 5.41) is 5.97. The fourth-order valence-electron chi connectivity index (χ4n) is 3.26. The summed E-state index contributed by atoms with van der Waals surface area (Å²) in [6, 6.07) is 9.45. The number of carbonyl (C=O) groups is 1. The molecule has 0 heterocycles. The number of nitrogens with one attached hydrogen (secondary N) is 2. The van der Waals surface area contributed by atoms with Gasteiger partial charge >= 0.3 is 6.03 Å². The first-order valence-corrected chi connectivity index (χ1v) is 9.78. The van der Waals surface area contributed by atoms with Gasteiger partial charge in [-0.15, -0.1) is 0 Å². The van der Waals surface area contributed by atoms with Crippen LogP contribution in [-0.2, 0) is 6.54 Å². The van der Waals surface area contributed by atoms with E-state index in [4.69, 9.17) is 14.2 Å². The summed E-state index contributed by atoms with van der Waals surface area (Å²) < 4.78 is 16.1. The Morgan fingerprint density at radius 1 is 0.862 bits per heavy atom. The van der Waals surface area contributed by atoms with Crippen molar-refractivity contribution in [2.45, 2.75) is 46.1 Å². The molecule has 158 valence electrons. The lowest BCUT2D eigenvalue weighted by atomic mass is 9.93. The van der Waals surface area contributed by atoms with Gasteiger partial charge in [-0.05, 0) is 29.0 Å². The number of anilines is 1. The number of amides is 2. The zero-order chi connectivity index (χ0) is 21.6. The van der Waals surface area contributed by atoms with Gasteiger partial charge in [0.15, 0.2) is 11.5 Å². The normalized spacial score (nSPS) is 10.8. The van der Waals surface area contributed by atoms with Crippen molar-refractivity contribution < 1.29 is 19.0 Å². The maximum atomic E-state index is 12.7. The van der Waals surface area contributed by atoms with Crippen LogP contribution in [0.3, 0.4) is 0 Å². The minimum absolute atomic E-state index is 0.267. The van der Waals surface area contributed by atoms with E-state index in [0.717, 1.165) is 22.4 Å². The molecule has 0 aliphatic rings. The molecule has 2 N–H and O–H groups in total. The maximum absolute atomic E-state index is 12.7. The highest BCUT2D eigenvalue weighted by atomic mass is 16.5. The lowest BCUT2D eigenvalue weighted by Crippen LogP contribution is -2.29. The summed E-state index contributed by atoms with van der Waals surface area (Å²) in [4.78, 5) is 12.7. The Morgan fingerprint density at radius 2 is 1.38 bits per heavy atom. The van der Waals surface area contributed by atoms with Crippen molar-refractivity contribution in [2.75, 3.05) is 26.6 Å².